The Bertz CT molecular complexity index is 1200. The van der Waals surface area contributed by atoms with Crippen LogP contribution in [0.2, 0.25) is 0 Å². The first-order valence-corrected chi connectivity index (χ1v) is 14.0. The summed E-state index contributed by atoms with van der Waals surface area (Å²) in [7, 11) is 1.48. The van der Waals surface area contributed by atoms with Gasteiger partial charge in [-0.1, -0.05) is 32.0 Å². The van der Waals surface area contributed by atoms with E-state index < -0.39 is 23.7 Å². The normalized spacial score (nSPS) is 45.6. The third-order valence-electron chi connectivity index (χ3n) is 10.7. The Morgan fingerprint density at radius 2 is 2.00 bits per heavy atom. The van der Waals surface area contributed by atoms with E-state index >= 15 is 0 Å². The van der Waals surface area contributed by atoms with E-state index in [1.54, 1.807) is 0 Å². The highest BCUT2D eigenvalue weighted by molar-refractivity contribution is 6.08. The summed E-state index contributed by atoms with van der Waals surface area (Å²) in [6, 6.07) is 7.38. The van der Waals surface area contributed by atoms with E-state index in [4.69, 9.17) is 19.3 Å². The topological polar surface area (TPSA) is 118 Å². The van der Waals surface area contributed by atoms with E-state index in [1.165, 1.54) is 12.2 Å². The molecule has 7 aliphatic rings. The first-order valence-electron chi connectivity index (χ1n) is 14.0. The minimum Gasteiger partial charge on any atom is -0.465 e. The van der Waals surface area contributed by atoms with Crippen LogP contribution in [0.4, 0.5) is 5.69 Å². The maximum Gasteiger partial charge on any atom is 0.309 e. The molecule has 12 atom stereocenters. The van der Waals surface area contributed by atoms with Gasteiger partial charge in [0.1, 0.15) is 11.5 Å². The fourth-order valence-corrected chi connectivity index (χ4v) is 9.01. The van der Waals surface area contributed by atoms with Crippen molar-refractivity contribution in [1.82, 2.24) is 0 Å². The van der Waals surface area contributed by atoms with Gasteiger partial charge in [-0.3, -0.25) is 19.4 Å². The Labute approximate surface area is 222 Å². The number of aliphatic hydroxyl groups is 2. The van der Waals surface area contributed by atoms with Crippen molar-refractivity contribution in [2.75, 3.05) is 25.4 Å². The number of ether oxygens (including phenoxy) is 2. The molecule has 38 heavy (non-hydrogen) atoms. The van der Waals surface area contributed by atoms with Crippen molar-refractivity contribution in [3.63, 3.8) is 0 Å². The third-order valence-corrected chi connectivity index (χ3v) is 10.7. The Kier molecular flexibility index (Phi) is 5.58. The van der Waals surface area contributed by atoms with E-state index in [2.05, 4.69) is 13.8 Å². The van der Waals surface area contributed by atoms with E-state index in [0.29, 0.717) is 44.1 Å². The monoisotopic (exact) mass is 524 g/mol. The molecule has 1 aromatic carbocycles. The van der Waals surface area contributed by atoms with Gasteiger partial charge < -0.3 is 19.7 Å². The molecule has 2 N–H and O–H groups in total. The fourth-order valence-electron chi connectivity index (χ4n) is 9.01. The molecular weight excluding hydrogens is 488 g/mol. The minimum absolute atomic E-state index is 0.0298. The molecule has 1 unspecified atom stereocenters. The van der Waals surface area contributed by atoms with Crippen LogP contribution in [0.15, 0.2) is 29.3 Å². The molecule has 9 heteroatoms. The molecule has 5 aliphatic heterocycles. The molecule has 1 spiro atoms. The molecule has 1 aromatic rings. The second kappa shape index (κ2) is 8.58. The van der Waals surface area contributed by atoms with Crippen molar-refractivity contribution in [3.8, 4) is 0 Å². The number of hydrogen-bond acceptors (Lipinski definition) is 8. The van der Waals surface area contributed by atoms with Gasteiger partial charge in [0.05, 0.1) is 50.2 Å². The minimum atomic E-state index is -1.07. The van der Waals surface area contributed by atoms with Crippen LogP contribution in [0.5, 0.6) is 0 Å². The van der Waals surface area contributed by atoms with Crippen molar-refractivity contribution < 1.29 is 34.1 Å². The van der Waals surface area contributed by atoms with E-state index in [1.807, 2.05) is 24.3 Å². The molecular formula is C29H36N2O7. The number of benzene rings is 1. The van der Waals surface area contributed by atoms with Gasteiger partial charge in [0.25, 0.3) is 5.91 Å². The van der Waals surface area contributed by atoms with Gasteiger partial charge in [-0.15, -0.1) is 0 Å². The lowest BCUT2D eigenvalue weighted by Crippen LogP contribution is -2.58. The Hall–Kier alpha value is -2.33. The predicted molar refractivity (Wildman–Crippen MR) is 136 cm³/mol. The summed E-state index contributed by atoms with van der Waals surface area (Å²) in [5.74, 6) is -0.785. The van der Waals surface area contributed by atoms with Crippen molar-refractivity contribution >= 4 is 23.3 Å². The smallest absolute Gasteiger partial charge is 0.309 e. The first kappa shape index (κ1) is 24.7. The van der Waals surface area contributed by atoms with Crippen molar-refractivity contribution in [1.29, 1.82) is 0 Å². The number of fused-ring (bicyclic) bond motifs is 3. The van der Waals surface area contributed by atoms with Crippen LogP contribution in [0, 0.1) is 41.4 Å². The van der Waals surface area contributed by atoms with Crippen LogP contribution in [0.25, 0.3) is 0 Å². The van der Waals surface area contributed by atoms with Crippen LogP contribution < -0.4 is 5.06 Å². The number of cyclic esters (lactones) is 1. The molecule has 0 aromatic heterocycles. The van der Waals surface area contributed by atoms with Crippen LogP contribution in [-0.4, -0.2) is 72.5 Å². The average Bonchev–Trinajstić information content (AvgIpc) is 3.42. The quantitative estimate of drug-likeness (QED) is 0.578. The maximum absolute atomic E-state index is 13.9. The number of carbonyl (C=O) groups is 2. The Balaban J connectivity index is 1.22. The zero-order chi connectivity index (χ0) is 26.5. The Morgan fingerprint density at radius 3 is 2.79 bits per heavy atom. The first-order chi connectivity index (χ1) is 18.3. The standard InChI is InChI=1S/C29H36N2O7/c1-13-9-21(32)22-15(27(34)38-11-16(13)22)8-14(2)24-23-17-12-37-26(25(23)33)29(10-19(17)30-24)18-6-4-5-7-20(18)31(36-3)28(29)35/h4-7,13-17,19,21-23,25-26,32-33H,8-12H2,1-3H3/t13-,14-,15+,16+,17+,19-,21-,22+,23+,25?,26-,29-/m0/s1. The molecule has 4 bridgehead atoms. The maximum atomic E-state index is 13.9. The molecule has 9 nitrogen and oxygen atoms in total. The number of carbonyl (C=O) groups excluding carboxylic acids is 2. The number of aliphatic imine (C=N–C) groups is 1. The lowest BCUT2D eigenvalue weighted by molar-refractivity contribution is -0.165. The zero-order valence-electron chi connectivity index (χ0n) is 22.0. The number of para-hydroxylation sites is 1. The SMILES string of the molecule is CON1C(=O)[C@@]2(C[C@@H]3N=C([C@@H](C)C[C@H]4C(=O)OC[C@H]5[C@@H]4[C@@H](O)C[C@@H]5C)[C@@H]4C(O)[C@@H]2OC[C@H]34)c2ccccc21. The highest BCUT2D eigenvalue weighted by Crippen LogP contribution is 2.57. The van der Waals surface area contributed by atoms with Crippen LogP contribution in [0.3, 0.4) is 0 Å². The van der Waals surface area contributed by atoms with Gasteiger partial charge in [0.15, 0.2) is 0 Å². The van der Waals surface area contributed by atoms with Crippen LogP contribution in [0.1, 0.15) is 38.7 Å². The number of hydroxylamine groups is 1. The second-order valence-electron chi connectivity index (χ2n) is 12.4. The second-order valence-corrected chi connectivity index (χ2v) is 12.4. The van der Waals surface area contributed by atoms with Gasteiger partial charge in [0, 0.05) is 29.4 Å². The van der Waals surface area contributed by atoms with Crippen LogP contribution in [-0.2, 0) is 29.3 Å². The number of hydrogen-bond donors (Lipinski definition) is 2. The number of aliphatic hydroxyl groups excluding tert-OH is 2. The van der Waals surface area contributed by atoms with E-state index in [9.17, 15) is 19.8 Å². The van der Waals surface area contributed by atoms with E-state index in [-0.39, 0.29) is 53.4 Å². The summed E-state index contributed by atoms with van der Waals surface area (Å²) < 4.78 is 11.9. The van der Waals surface area contributed by atoms with Gasteiger partial charge in [-0.25, -0.2) is 0 Å². The van der Waals surface area contributed by atoms with Gasteiger partial charge in [-0.05, 0) is 42.7 Å². The molecule has 2 aliphatic carbocycles. The molecule has 0 radical (unpaired) electrons. The number of esters is 1. The Morgan fingerprint density at radius 1 is 1.21 bits per heavy atom. The van der Waals surface area contributed by atoms with Gasteiger partial charge in [0.2, 0.25) is 0 Å². The number of rotatable bonds is 4. The number of amides is 1. The molecule has 8 rings (SSSR count). The number of anilines is 1. The summed E-state index contributed by atoms with van der Waals surface area (Å²) in [6.45, 7) is 5.00. The van der Waals surface area contributed by atoms with E-state index in [0.717, 1.165) is 11.3 Å². The summed E-state index contributed by atoms with van der Waals surface area (Å²) in [4.78, 5) is 37.5. The summed E-state index contributed by atoms with van der Waals surface area (Å²) in [6.07, 6.45) is -0.477. The largest absolute Gasteiger partial charge is 0.465 e. The summed E-state index contributed by atoms with van der Waals surface area (Å²) >= 11 is 0. The zero-order valence-corrected chi connectivity index (χ0v) is 22.0. The van der Waals surface area contributed by atoms with Crippen molar-refractivity contribution in [2.45, 2.75) is 62.9 Å². The average molecular weight is 525 g/mol. The lowest BCUT2D eigenvalue weighted by Gasteiger charge is -2.43. The van der Waals surface area contributed by atoms with Gasteiger partial charge in [-0.2, -0.15) is 5.06 Å². The fraction of sp³-hybridized carbons (Fsp3) is 0.690. The summed E-state index contributed by atoms with van der Waals surface area (Å²) in [5.41, 5.74) is 1.34. The lowest BCUT2D eigenvalue weighted by atomic mass is 9.69. The van der Waals surface area contributed by atoms with Crippen LogP contribution >= 0.6 is 0 Å². The number of nitrogens with zero attached hydrogens (tertiary/aromatic N) is 2. The molecule has 5 heterocycles. The molecule has 3 saturated heterocycles. The van der Waals surface area contributed by atoms with Gasteiger partial charge >= 0.3 is 5.97 Å². The molecule has 204 valence electrons. The van der Waals surface area contributed by atoms with Crippen molar-refractivity contribution in [3.05, 3.63) is 29.8 Å². The highest BCUT2D eigenvalue weighted by Gasteiger charge is 2.67. The van der Waals surface area contributed by atoms with Crippen molar-refractivity contribution in [2.24, 2.45) is 46.4 Å². The molecule has 1 amide bonds. The molecule has 2 saturated carbocycles. The third kappa shape index (κ3) is 3.10. The molecule has 5 fully saturated rings. The highest BCUT2D eigenvalue weighted by atomic mass is 16.7. The summed E-state index contributed by atoms with van der Waals surface area (Å²) in [5, 5.41) is 24.0. The predicted octanol–water partition coefficient (Wildman–Crippen LogP) is 1.88.